The second kappa shape index (κ2) is 8.26. The highest BCUT2D eigenvalue weighted by Gasteiger charge is 2.28. The first-order chi connectivity index (χ1) is 11.6. The van der Waals surface area contributed by atoms with Crippen molar-refractivity contribution in [3.63, 3.8) is 0 Å². The van der Waals surface area contributed by atoms with Gasteiger partial charge in [0, 0.05) is 12.6 Å². The highest BCUT2D eigenvalue weighted by molar-refractivity contribution is 6.07. The summed E-state index contributed by atoms with van der Waals surface area (Å²) < 4.78 is 1.54. The van der Waals surface area contributed by atoms with Crippen LogP contribution in [0.4, 0.5) is 11.5 Å². The van der Waals surface area contributed by atoms with Crippen LogP contribution >= 0.6 is 0 Å². The predicted octanol–water partition coefficient (Wildman–Crippen LogP) is 2.54. The average molecular weight is 330 g/mol. The molecule has 0 saturated heterocycles. The van der Waals surface area contributed by atoms with Crippen LogP contribution in [0.2, 0.25) is 0 Å². The summed E-state index contributed by atoms with van der Waals surface area (Å²) in [5.74, 6) is 0.114. The van der Waals surface area contributed by atoms with Crippen LogP contribution in [-0.2, 0) is 23.1 Å². The standard InChI is InChI=1S/C17H22N4O3/c1-4-9-14-15(16(18-12-22)20(3)19-14)21(24-5-2)17(23)13-10-7-6-8-11-13/h6-8,10-12H,4-5,9H2,1-3H3,(H,18,22). The number of benzene rings is 1. The molecule has 0 bridgehead atoms. The molecule has 0 fully saturated rings. The third-order valence-electron chi connectivity index (χ3n) is 3.44. The number of carbonyl (C=O) groups is 2. The van der Waals surface area contributed by atoms with Crippen molar-refractivity contribution in [3.05, 3.63) is 41.6 Å². The highest BCUT2D eigenvalue weighted by Crippen LogP contribution is 2.32. The number of amides is 2. The van der Waals surface area contributed by atoms with E-state index in [9.17, 15) is 9.59 Å². The average Bonchev–Trinajstić information content (AvgIpc) is 2.89. The summed E-state index contributed by atoms with van der Waals surface area (Å²) in [6.45, 7) is 4.13. The summed E-state index contributed by atoms with van der Waals surface area (Å²) in [4.78, 5) is 29.5. The number of aryl methyl sites for hydroxylation is 2. The lowest BCUT2D eigenvalue weighted by molar-refractivity contribution is -0.105. The van der Waals surface area contributed by atoms with Crippen LogP contribution in [0.25, 0.3) is 0 Å². The monoisotopic (exact) mass is 330 g/mol. The van der Waals surface area contributed by atoms with Crippen LogP contribution in [0.3, 0.4) is 0 Å². The minimum Gasteiger partial charge on any atom is -0.312 e. The molecule has 24 heavy (non-hydrogen) atoms. The third-order valence-corrected chi connectivity index (χ3v) is 3.44. The molecule has 128 valence electrons. The summed E-state index contributed by atoms with van der Waals surface area (Å²) in [5.41, 5.74) is 1.67. The number of nitrogens with zero attached hydrogens (tertiary/aromatic N) is 3. The fraction of sp³-hybridized carbons (Fsp3) is 0.353. The van der Waals surface area contributed by atoms with Crippen LogP contribution in [0.5, 0.6) is 0 Å². The predicted molar refractivity (Wildman–Crippen MR) is 91.8 cm³/mol. The number of hydroxylamine groups is 1. The molecule has 7 nitrogen and oxygen atoms in total. The fourth-order valence-corrected chi connectivity index (χ4v) is 2.46. The van der Waals surface area contributed by atoms with E-state index >= 15 is 0 Å². The molecule has 2 rings (SSSR count). The van der Waals surface area contributed by atoms with Gasteiger partial charge in [0.05, 0.1) is 12.3 Å². The normalized spacial score (nSPS) is 10.5. The van der Waals surface area contributed by atoms with Gasteiger partial charge in [-0.25, -0.2) is 0 Å². The van der Waals surface area contributed by atoms with E-state index < -0.39 is 0 Å². The van der Waals surface area contributed by atoms with Crippen molar-refractivity contribution in [3.8, 4) is 0 Å². The van der Waals surface area contributed by atoms with Crippen molar-refractivity contribution in [2.75, 3.05) is 17.0 Å². The zero-order chi connectivity index (χ0) is 17.5. The van der Waals surface area contributed by atoms with E-state index in [0.29, 0.717) is 42.2 Å². The van der Waals surface area contributed by atoms with Gasteiger partial charge in [0.1, 0.15) is 5.69 Å². The van der Waals surface area contributed by atoms with Crippen molar-refractivity contribution >= 4 is 23.8 Å². The van der Waals surface area contributed by atoms with E-state index in [0.717, 1.165) is 6.42 Å². The van der Waals surface area contributed by atoms with Crippen molar-refractivity contribution in [2.24, 2.45) is 7.05 Å². The summed E-state index contributed by atoms with van der Waals surface area (Å²) in [5, 5.41) is 8.26. The first-order valence-corrected chi connectivity index (χ1v) is 7.92. The Morgan fingerprint density at radius 1 is 1.33 bits per heavy atom. The lowest BCUT2D eigenvalue weighted by Gasteiger charge is -2.22. The summed E-state index contributed by atoms with van der Waals surface area (Å²) in [6.07, 6.45) is 2.08. The molecule has 1 aromatic heterocycles. The number of rotatable bonds is 8. The molecular formula is C17H22N4O3. The van der Waals surface area contributed by atoms with Gasteiger partial charge in [-0.2, -0.15) is 10.2 Å². The molecule has 0 saturated carbocycles. The number of carbonyl (C=O) groups excluding carboxylic acids is 2. The number of hydrogen-bond acceptors (Lipinski definition) is 4. The van der Waals surface area contributed by atoms with Crippen LogP contribution in [0, 0.1) is 0 Å². The highest BCUT2D eigenvalue weighted by atomic mass is 16.7. The second-order valence-electron chi connectivity index (χ2n) is 5.16. The lowest BCUT2D eigenvalue weighted by Crippen LogP contribution is -2.32. The number of hydrogen-bond donors (Lipinski definition) is 1. The maximum atomic E-state index is 12.9. The zero-order valence-corrected chi connectivity index (χ0v) is 14.2. The Labute approximate surface area is 141 Å². The maximum Gasteiger partial charge on any atom is 0.282 e. The van der Waals surface area contributed by atoms with Crippen molar-refractivity contribution in [1.29, 1.82) is 0 Å². The van der Waals surface area contributed by atoms with Crippen LogP contribution in [0.15, 0.2) is 30.3 Å². The van der Waals surface area contributed by atoms with Crippen molar-refractivity contribution in [2.45, 2.75) is 26.7 Å². The van der Waals surface area contributed by atoms with E-state index in [-0.39, 0.29) is 5.91 Å². The molecule has 0 unspecified atom stereocenters. The van der Waals surface area contributed by atoms with Gasteiger partial charge in [0.15, 0.2) is 5.82 Å². The molecule has 0 aliphatic heterocycles. The van der Waals surface area contributed by atoms with Gasteiger partial charge in [-0.05, 0) is 25.5 Å². The molecule has 1 heterocycles. The SMILES string of the molecule is CCCc1nn(C)c(NC=O)c1N(OCC)C(=O)c1ccccc1. The van der Waals surface area contributed by atoms with Gasteiger partial charge < -0.3 is 5.32 Å². The molecule has 7 heteroatoms. The Morgan fingerprint density at radius 2 is 2.04 bits per heavy atom. The van der Waals surface area contributed by atoms with Crippen LogP contribution in [-0.4, -0.2) is 28.7 Å². The number of aromatic nitrogens is 2. The van der Waals surface area contributed by atoms with Crippen LogP contribution < -0.4 is 10.4 Å². The minimum atomic E-state index is -0.309. The van der Waals surface area contributed by atoms with E-state index in [1.165, 1.54) is 5.06 Å². The quantitative estimate of drug-likeness (QED) is 0.596. The Morgan fingerprint density at radius 3 is 2.62 bits per heavy atom. The molecular weight excluding hydrogens is 308 g/mol. The van der Waals surface area contributed by atoms with Crippen molar-refractivity contribution in [1.82, 2.24) is 9.78 Å². The molecule has 2 amide bonds. The van der Waals surface area contributed by atoms with E-state index in [2.05, 4.69) is 10.4 Å². The Hall–Kier alpha value is -2.67. The van der Waals surface area contributed by atoms with Gasteiger partial charge in [-0.3, -0.25) is 19.1 Å². The first-order valence-electron chi connectivity index (χ1n) is 7.92. The van der Waals surface area contributed by atoms with Gasteiger partial charge in [-0.1, -0.05) is 31.5 Å². The number of nitrogens with one attached hydrogen (secondary N) is 1. The first kappa shape index (κ1) is 17.7. The molecule has 0 radical (unpaired) electrons. The van der Waals surface area contributed by atoms with E-state index in [4.69, 9.17) is 4.84 Å². The topological polar surface area (TPSA) is 76.5 Å². The summed E-state index contributed by atoms with van der Waals surface area (Å²) in [7, 11) is 1.71. The van der Waals surface area contributed by atoms with E-state index in [1.54, 1.807) is 42.9 Å². The molecule has 0 aliphatic carbocycles. The Bertz CT molecular complexity index is 697. The number of anilines is 2. The van der Waals surface area contributed by atoms with Gasteiger partial charge >= 0.3 is 0 Å². The molecule has 0 aliphatic rings. The zero-order valence-electron chi connectivity index (χ0n) is 14.2. The molecule has 1 N–H and O–H groups in total. The third kappa shape index (κ3) is 3.62. The van der Waals surface area contributed by atoms with Gasteiger partial charge in [-0.15, -0.1) is 0 Å². The van der Waals surface area contributed by atoms with Gasteiger partial charge in [0.2, 0.25) is 6.41 Å². The molecule has 0 spiro atoms. The maximum absolute atomic E-state index is 12.9. The largest absolute Gasteiger partial charge is 0.312 e. The molecule has 2 aromatic rings. The molecule has 1 aromatic carbocycles. The Balaban J connectivity index is 2.53. The minimum absolute atomic E-state index is 0.305. The van der Waals surface area contributed by atoms with Crippen LogP contribution in [0.1, 0.15) is 36.3 Å². The van der Waals surface area contributed by atoms with Crippen molar-refractivity contribution < 1.29 is 14.4 Å². The second-order valence-corrected chi connectivity index (χ2v) is 5.16. The van der Waals surface area contributed by atoms with Gasteiger partial charge in [0.25, 0.3) is 5.91 Å². The molecule has 0 atom stereocenters. The lowest BCUT2D eigenvalue weighted by atomic mass is 10.2. The fourth-order valence-electron chi connectivity index (χ4n) is 2.46. The Kier molecular flexibility index (Phi) is 6.08. The smallest absolute Gasteiger partial charge is 0.282 e. The van der Waals surface area contributed by atoms with E-state index in [1.807, 2.05) is 13.0 Å². The summed E-state index contributed by atoms with van der Waals surface area (Å²) >= 11 is 0. The summed E-state index contributed by atoms with van der Waals surface area (Å²) in [6, 6.07) is 8.86.